The number of rotatable bonds is 2. The van der Waals surface area contributed by atoms with Gasteiger partial charge in [-0.15, -0.1) is 11.6 Å². The van der Waals surface area contributed by atoms with Crippen LogP contribution in [0.1, 0.15) is 39.5 Å². The van der Waals surface area contributed by atoms with Crippen LogP contribution in [0.4, 0.5) is 0 Å². The zero-order valence-corrected chi connectivity index (χ0v) is 14.8. The van der Waals surface area contributed by atoms with Crippen molar-refractivity contribution in [1.29, 1.82) is 0 Å². The Bertz CT molecular complexity index is 362. The standard InChI is InChI=1S/C15H25BrClNO2/c1-8-10-7-13(15(2,16)17)20-14(10)11-6-9(19-3)4-5-12(11)18-8/h8-14,18H,4-7H2,1-3H3/t8?,9?,10?,11?,12?,13-,14?,15-/m0/s1. The summed E-state index contributed by atoms with van der Waals surface area (Å²) in [6, 6.07) is 1.09. The largest absolute Gasteiger partial charge is 0.381 e. The lowest BCUT2D eigenvalue weighted by Crippen LogP contribution is -2.59. The van der Waals surface area contributed by atoms with E-state index >= 15 is 0 Å². The molecular weight excluding hydrogens is 342 g/mol. The molecule has 3 fully saturated rings. The molecule has 20 heavy (non-hydrogen) atoms. The van der Waals surface area contributed by atoms with Crippen LogP contribution in [0.15, 0.2) is 0 Å². The van der Waals surface area contributed by atoms with Crippen LogP contribution in [0.3, 0.4) is 0 Å². The Morgan fingerprint density at radius 1 is 1.30 bits per heavy atom. The van der Waals surface area contributed by atoms with Gasteiger partial charge in [0.05, 0.1) is 18.3 Å². The van der Waals surface area contributed by atoms with Crippen molar-refractivity contribution in [3.05, 3.63) is 0 Å². The third kappa shape index (κ3) is 2.79. The number of hydrogen-bond donors (Lipinski definition) is 1. The SMILES string of the molecule is COC1CCC2NC(C)C3C[C@@H]([C@](C)(Cl)Br)OC3C2C1. The fraction of sp³-hybridized carbons (Fsp3) is 1.00. The monoisotopic (exact) mass is 365 g/mol. The molecule has 3 nitrogen and oxygen atoms in total. The Labute approximate surface area is 135 Å². The summed E-state index contributed by atoms with van der Waals surface area (Å²) in [6.45, 7) is 4.28. The molecule has 116 valence electrons. The van der Waals surface area contributed by atoms with Crippen LogP contribution in [0, 0.1) is 11.8 Å². The van der Waals surface area contributed by atoms with Crippen LogP contribution in [0.2, 0.25) is 0 Å². The predicted octanol–water partition coefficient (Wildman–Crippen LogP) is 3.29. The number of ether oxygens (including phenoxy) is 2. The van der Waals surface area contributed by atoms with E-state index in [1.165, 1.54) is 6.42 Å². The van der Waals surface area contributed by atoms with Crippen molar-refractivity contribution >= 4 is 27.5 Å². The van der Waals surface area contributed by atoms with Crippen LogP contribution < -0.4 is 5.32 Å². The van der Waals surface area contributed by atoms with Gasteiger partial charge in [-0.1, -0.05) is 15.9 Å². The quantitative estimate of drug-likeness (QED) is 0.761. The van der Waals surface area contributed by atoms with Gasteiger partial charge < -0.3 is 14.8 Å². The normalized spacial score (nSPS) is 51.1. The van der Waals surface area contributed by atoms with Crippen molar-refractivity contribution in [2.24, 2.45) is 11.8 Å². The van der Waals surface area contributed by atoms with Crippen molar-refractivity contribution in [1.82, 2.24) is 5.32 Å². The Morgan fingerprint density at radius 2 is 2.05 bits per heavy atom. The second-order valence-electron chi connectivity index (χ2n) is 6.84. The molecule has 6 unspecified atom stereocenters. The van der Waals surface area contributed by atoms with Crippen molar-refractivity contribution in [2.45, 2.75) is 73.7 Å². The van der Waals surface area contributed by atoms with E-state index in [1.807, 2.05) is 14.0 Å². The molecule has 2 saturated heterocycles. The molecule has 2 aliphatic heterocycles. The maximum absolute atomic E-state index is 6.43. The molecule has 1 saturated carbocycles. The van der Waals surface area contributed by atoms with Gasteiger partial charge >= 0.3 is 0 Å². The summed E-state index contributed by atoms with van der Waals surface area (Å²) in [5.41, 5.74) is 0. The molecule has 3 aliphatic rings. The Morgan fingerprint density at radius 3 is 2.70 bits per heavy atom. The minimum Gasteiger partial charge on any atom is -0.381 e. The van der Waals surface area contributed by atoms with Crippen LogP contribution in [-0.4, -0.2) is 41.3 Å². The summed E-state index contributed by atoms with van der Waals surface area (Å²) in [6.07, 6.45) is 5.29. The highest BCUT2D eigenvalue weighted by Crippen LogP contribution is 2.48. The molecule has 0 aromatic heterocycles. The van der Waals surface area contributed by atoms with E-state index in [9.17, 15) is 0 Å². The molecule has 1 N–H and O–H groups in total. The fourth-order valence-electron chi connectivity index (χ4n) is 4.37. The number of alkyl halides is 2. The van der Waals surface area contributed by atoms with Gasteiger partial charge in [0, 0.05) is 31.0 Å². The maximum atomic E-state index is 6.43. The Balaban J connectivity index is 1.77. The molecule has 3 rings (SSSR count). The summed E-state index contributed by atoms with van der Waals surface area (Å²) in [7, 11) is 1.83. The van der Waals surface area contributed by atoms with E-state index in [2.05, 4.69) is 28.2 Å². The first-order valence-corrected chi connectivity index (χ1v) is 8.89. The van der Waals surface area contributed by atoms with E-state index in [-0.39, 0.29) is 6.10 Å². The van der Waals surface area contributed by atoms with Gasteiger partial charge in [0.25, 0.3) is 0 Å². The van der Waals surface area contributed by atoms with Crippen LogP contribution >= 0.6 is 27.5 Å². The number of methoxy groups -OCH3 is 1. The van der Waals surface area contributed by atoms with Crippen molar-refractivity contribution in [3.8, 4) is 0 Å². The molecule has 5 heteroatoms. The first kappa shape index (κ1) is 15.5. The van der Waals surface area contributed by atoms with E-state index in [0.717, 1.165) is 19.3 Å². The zero-order chi connectivity index (χ0) is 14.5. The van der Waals surface area contributed by atoms with Gasteiger partial charge in [-0.25, -0.2) is 0 Å². The number of piperidine rings is 1. The lowest BCUT2D eigenvalue weighted by atomic mass is 9.70. The van der Waals surface area contributed by atoms with Gasteiger partial charge in [-0.2, -0.15) is 0 Å². The van der Waals surface area contributed by atoms with Crippen LogP contribution in [0.5, 0.6) is 0 Å². The number of nitrogens with one attached hydrogen (secondary N) is 1. The van der Waals surface area contributed by atoms with Gasteiger partial charge in [0.1, 0.15) is 3.78 Å². The second-order valence-corrected chi connectivity index (χ2v) is 9.73. The number of halogens is 2. The molecular formula is C15H25BrClNO2. The summed E-state index contributed by atoms with van der Waals surface area (Å²) in [5.74, 6) is 1.12. The Hall–Kier alpha value is 0.650. The van der Waals surface area contributed by atoms with Crippen molar-refractivity contribution < 1.29 is 9.47 Å². The van der Waals surface area contributed by atoms with E-state index in [4.69, 9.17) is 21.1 Å². The molecule has 0 aromatic rings. The lowest BCUT2D eigenvalue weighted by molar-refractivity contribution is -0.0748. The minimum atomic E-state index is -0.463. The van der Waals surface area contributed by atoms with E-state index in [0.29, 0.717) is 36.1 Å². The highest BCUT2D eigenvalue weighted by atomic mass is 79.9. The van der Waals surface area contributed by atoms with Gasteiger partial charge in [0.15, 0.2) is 0 Å². The van der Waals surface area contributed by atoms with Crippen molar-refractivity contribution in [3.63, 3.8) is 0 Å². The zero-order valence-electron chi connectivity index (χ0n) is 12.4. The molecule has 0 aromatic carbocycles. The first-order valence-electron chi connectivity index (χ1n) is 7.72. The molecule has 8 atom stereocenters. The Kier molecular flexibility index (Phi) is 4.42. The van der Waals surface area contributed by atoms with Gasteiger partial charge in [-0.3, -0.25) is 0 Å². The highest BCUT2D eigenvalue weighted by molar-refractivity contribution is 9.10. The van der Waals surface area contributed by atoms with Gasteiger partial charge in [-0.05, 0) is 39.5 Å². The molecule has 2 heterocycles. The minimum absolute atomic E-state index is 0.0880. The third-order valence-corrected chi connectivity index (χ3v) is 6.28. The third-order valence-electron chi connectivity index (χ3n) is 5.52. The molecule has 0 bridgehead atoms. The first-order chi connectivity index (χ1) is 9.40. The molecule has 0 amide bonds. The number of hydrogen-bond acceptors (Lipinski definition) is 3. The van der Waals surface area contributed by atoms with Crippen LogP contribution in [0.25, 0.3) is 0 Å². The fourth-order valence-corrected chi connectivity index (χ4v) is 4.81. The summed E-state index contributed by atoms with van der Waals surface area (Å²) >= 11 is 10.00. The molecule has 0 spiro atoms. The van der Waals surface area contributed by atoms with Crippen LogP contribution in [-0.2, 0) is 9.47 Å². The molecule has 0 radical (unpaired) electrons. The van der Waals surface area contributed by atoms with E-state index in [1.54, 1.807) is 0 Å². The summed E-state index contributed by atoms with van der Waals surface area (Å²) < 4.78 is 11.5. The average Bonchev–Trinajstić information content (AvgIpc) is 2.84. The smallest absolute Gasteiger partial charge is 0.122 e. The molecule has 1 aliphatic carbocycles. The average molecular weight is 367 g/mol. The predicted molar refractivity (Wildman–Crippen MR) is 84.5 cm³/mol. The lowest BCUT2D eigenvalue weighted by Gasteiger charge is -2.47. The van der Waals surface area contributed by atoms with E-state index < -0.39 is 3.78 Å². The topological polar surface area (TPSA) is 30.5 Å². The van der Waals surface area contributed by atoms with Gasteiger partial charge in [0.2, 0.25) is 0 Å². The second kappa shape index (κ2) is 5.69. The maximum Gasteiger partial charge on any atom is 0.122 e. The highest BCUT2D eigenvalue weighted by Gasteiger charge is 2.53. The summed E-state index contributed by atoms with van der Waals surface area (Å²) in [5, 5.41) is 3.81. The number of fused-ring (bicyclic) bond motifs is 3. The van der Waals surface area contributed by atoms with Crippen molar-refractivity contribution in [2.75, 3.05) is 7.11 Å². The summed E-state index contributed by atoms with van der Waals surface area (Å²) in [4.78, 5) is 0.